The summed E-state index contributed by atoms with van der Waals surface area (Å²) < 4.78 is 7.79. The van der Waals surface area contributed by atoms with E-state index in [-0.39, 0.29) is 51.8 Å². The molecule has 0 fully saturated rings. The highest BCUT2D eigenvalue weighted by Gasteiger charge is 2.19. The lowest BCUT2D eigenvalue weighted by atomic mass is 9.87. The normalized spacial score (nSPS) is 11.0. The first-order valence-corrected chi connectivity index (χ1v) is 12.3. The van der Waals surface area contributed by atoms with Crippen LogP contribution in [0.2, 0.25) is 0 Å². The molecular formula is C27H27BrN4O4S. The average molecular weight is 584 g/mol. The summed E-state index contributed by atoms with van der Waals surface area (Å²) in [7, 11) is 0. The fourth-order valence-corrected chi connectivity index (χ4v) is 4.39. The Hall–Kier alpha value is -3.50. The number of Topliss-reactive ketones (excluding diaryl/α,β-unsaturated/α-hetero) is 1. The van der Waals surface area contributed by atoms with E-state index in [9.17, 15) is 14.9 Å². The van der Waals surface area contributed by atoms with Gasteiger partial charge in [-0.15, -0.1) is 27.2 Å². The van der Waals surface area contributed by atoms with Gasteiger partial charge in [-0.2, -0.15) is 0 Å². The molecule has 0 aliphatic rings. The van der Waals surface area contributed by atoms with E-state index < -0.39 is 4.92 Å². The van der Waals surface area contributed by atoms with Crippen LogP contribution in [0.5, 0.6) is 5.75 Å². The number of ether oxygens (including phenoxy) is 1. The summed E-state index contributed by atoms with van der Waals surface area (Å²) in [6.45, 7) is 6.65. The summed E-state index contributed by atoms with van der Waals surface area (Å²) in [6.07, 6.45) is 0. The third kappa shape index (κ3) is 7.05. The molecule has 1 heterocycles. The van der Waals surface area contributed by atoms with Crippen molar-refractivity contribution in [1.29, 1.82) is 0 Å². The van der Waals surface area contributed by atoms with Crippen LogP contribution in [0.15, 0.2) is 84.0 Å². The summed E-state index contributed by atoms with van der Waals surface area (Å²) in [5, 5.41) is 20.3. The predicted octanol–water partition coefficient (Wildman–Crippen LogP) is 6.60. The zero-order valence-electron chi connectivity index (χ0n) is 20.7. The molecule has 0 unspecified atom stereocenters. The number of aromatic nitrogens is 3. The largest absolute Gasteiger partial charge is 0.486 e. The fourth-order valence-electron chi connectivity index (χ4n) is 3.53. The maximum atomic E-state index is 12.8. The number of nitro groups is 1. The monoisotopic (exact) mass is 582 g/mol. The van der Waals surface area contributed by atoms with Crippen LogP contribution in [-0.2, 0) is 12.0 Å². The molecule has 0 saturated carbocycles. The van der Waals surface area contributed by atoms with Gasteiger partial charge in [0.2, 0.25) is 0 Å². The Labute approximate surface area is 230 Å². The van der Waals surface area contributed by atoms with Crippen LogP contribution < -0.4 is 4.74 Å². The molecule has 4 rings (SSSR count). The average Bonchev–Trinajstić information content (AvgIpc) is 3.29. The van der Waals surface area contributed by atoms with Crippen LogP contribution in [0.1, 0.15) is 42.5 Å². The highest BCUT2D eigenvalue weighted by Crippen LogP contribution is 2.27. The van der Waals surface area contributed by atoms with Crippen molar-refractivity contribution in [3.63, 3.8) is 0 Å². The van der Waals surface area contributed by atoms with Crippen molar-refractivity contribution < 1.29 is 14.5 Å². The number of ketones is 1. The van der Waals surface area contributed by atoms with Gasteiger partial charge in [0, 0.05) is 23.4 Å². The van der Waals surface area contributed by atoms with E-state index in [2.05, 4.69) is 43.1 Å². The van der Waals surface area contributed by atoms with Crippen molar-refractivity contribution in [1.82, 2.24) is 14.8 Å². The molecular weight excluding hydrogens is 556 g/mol. The second kappa shape index (κ2) is 12.2. The van der Waals surface area contributed by atoms with E-state index in [0.29, 0.717) is 16.7 Å². The number of hydrogen-bond acceptors (Lipinski definition) is 7. The maximum absolute atomic E-state index is 12.8. The van der Waals surface area contributed by atoms with Crippen molar-refractivity contribution in [3.05, 3.63) is 106 Å². The van der Waals surface area contributed by atoms with E-state index in [1.807, 2.05) is 47.0 Å². The summed E-state index contributed by atoms with van der Waals surface area (Å²) in [6, 6.07) is 23.3. The minimum Gasteiger partial charge on any atom is -0.486 e. The van der Waals surface area contributed by atoms with Crippen molar-refractivity contribution in [3.8, 4) is 11.4 Å². The lowest BCUT2D eigenvalue weighted by Gasteiger charge is -2.19. The molecule has 0 saturated heterocycles. The number of rotatable bonds is 9. The lowest BCUT2D eigenvalue weighted by Crippen LogP contribution is -2.12. The zero-order valence-corrected chi connectivity index (χ0v) is 23.2. The number of thioether (sulfide) groups is 1. The smallest absolute Gasteiger partial charge is 0.270 e. The van der Waals surface area contributed by atoms with Gasteiger partial charge in [-0.3, -0.25) is 19.5 Å². The molecule has 0 aliphatic heterocycles. The van der Waals surface area contributed by atoms with Gasteiger partial charge in [0.25, 0.3) is 5.69 Å². The van der Waals surface area contributed by atoms with E-state index in [0.717, 1.165) is 5.69 Å². The summed E-state index contributed by atoms with van der Waals surface area (Å²) in [5.41, 5.74) is 2.22. The highest BCUT2D eigenvalue weighted by atomic mass is 79.9. The first kappa shape index (κ1) is 28.1. The van der Waals surface area contributed by atoms with Gasteiger partial charge in [-0.1, -0.05) is 75.0 Å². The number of para-hydroxylation sites is 1. The molecule has 10 heteroatoms. The van der Waals surface area contributed by atoms with E-state index in [1.165, 1.54) is 35.5 Å². The van der Waals surface area contributed by atoms with Crippen molar-refractivity contribution in [2.75, 3.05) is 5.75 Å². The molecule has 4 aromatic rings. The lowest BCUT2D eigenvalue weighted by molar-refractivity contribution is -0.384. The molecule has 0 bridgehead atoms. The van der Waals surface area contributed by atoms with Gasteiger partial charge in [0.1, 0.15) is 12.4 Å². The van der Waals surface area contributed by atoms with E-state index in [4.69, 9.17) is 4.74 Å². The standard InChI is InChI=1S/C27H26N4O4S.BrH/c1-27(2,3)20-12-14-21(15-13-20)30-25(17-35-23-10-5-4-6-11-23)28-29-26(30)36-18-24(32)19-8-7-9-22(16-19)31(33)34;/h4-16H,17-18H2,1-3H3;1H. The Morgan fingerprint density at radius 3 is 2.35 bits per heavy atom. The van der Waals surface area contributed by atoms with Gasteiger partial charge >= 0.3 is 0 Å². The van der Waals surface area contributed by atoms with Gasteiger partial charge in [0.15, 0.2) is 16.8 Å². The molecule has 8 nitrogen and oxygen atoms in total. The number of benzene rings is 3. The molecule has 37 heavy (non-hydrogen) atoms. The van der Waals surface area contributed by atoms with Gasteiger partial charge in [0.05, 0.1) is 10.7 Å². The number of nitro benzene ring substituents is 1. The van der Waals surface area contributed by atoms with Gasteiger partial charge in [-0.05, 0) is 35.2 Å². The number of carbonyl (C=O) groups is 1. The topological polar surface area (TPSA) is 100 Å². The Bertz CT molecular complexity index is 1370. The molecule has 0 atom stereocenters. The highest BCUT2D eigenvalue weighted by molar-refractivity contribution is 8.93. The maximum Gasteiger partial charge on any atom is 0.270 e. The van der Waals surface area contributed by atoms with Crippen LogP contribution in [0.3, 0.4) is 0 Å². The van der Waals surface area contributed by atoms with E-state index in [1.54, 1.807) is 6.07 Å². The molecule has 0 radical (unpaired) electrons. The SMILES string of the molecule is Br.CC(C)(C)c1ccc(-n2c(COc3ccccc3)nnc2SCC(=O)c2cccc([N+](=O)[O-])c2)cc1. The summed E-state index contributed by atoms with van der Waals surface area (Å²) >= 11 is 1.23. The van der Waals surface area contributed by atoms with Crippen LogP contribution >= 0.6 is 28.7 Å². The molecule has 0 aliphatic carbocycles. The van der Waals surface area contributed by atoms with E-state index >= 15 is 0 Å². The summed E-state index contributed by atoms with van der Waals surface area (Å²) in [4.78, 5) is 23.3. The van der Waals surface area contributed by atoms with Crippen molar-refractivity contribution in [2.45, 2.75) is 37.9 Å². The number of nitrogens with zero attached hydrogens (tertiary/aromatic N) is 4. The zero-order chi connectivity index (χ0) is 25.7. The second-order valence-electron chi connectivity index (χ2n) is 9.15. The first-order chi connectivity index (χ1) is 17.2. The third-order valence-electron chi connectivity index (χ3n) is 5.51. The number of halogens is 1. The van der Waals surface area contributed by atoms with Crippen molar-refractivity contribution in [2.24, 2.45) is 0 Å². The van der Waals surface area contributed by atoms with Crippen LogP contribution in [-0.4, -0.2) is 31.2 Å². The fraction of sp³-hybridized carbons (Fsp3) is 0.222. The van der Waals surface area contributed by atoms with Gasteiger partial charge < -0.3 is 4.74 Å². The Balaban J connectivity index is 0.00000380. The second-order valence-corrected chi connectivity index (χ2v) is 10.1. The molecule has 0 amide bonds. The number of non-ortho nitro benzene ring substituents is 1. The molecule has 3 aromatic carbocycles. The Morgan fingerprint density at radius 1 is 1.00 bits per heavy atom. The molecule has 1 aromatic heterocycles. The molecule has 0 N–H and O–H groups in total. The third-order valence-corrected chi connectivity index (χ3v) is 6.44. The minimum absolute atomic E-state index is 0. The van der Waals surface area contributed by atoms with Crippen LogP contribution in [0, 0.1) is 10.1 Å². The first-order valence-electron chi connectivity index (χ1n) is 11.4. The quantitative estimate of drug-likeness (QED) is 0.0947. The van der Waals surface area contributed by atoms with Crippen LogP contribution in [0.4, 0.5) is 5.69 Å². The number of carbonyl (C=O) groups excluding carboxylic acids is 1. The Kier molecular flexibility index (Phi) is 9.23. The predicted molar refractivity (Wildman–Crippen MR) is 149 cm³/mol. The summed E-state index contributed by atoms with van der Waals surface area (Å²) in [5.74, 6) is 1.13. The van der Waals surface area contributed by atoms with Crippen molar-refractivity contribution >= 4 is 40.2 Å². The minimum atomic E-state index is -0.513. The van der Waals surface area contributed by atoms with Crippen LogP contribution in [0.25, 0.3) is 5.69 Å². The Morgan fingerprint density at radius 2 is 1.70 bits per heavy atom. The molecule has 192 valence electrons. The van der Waals surface area contributed by atoms with Gasteiger partial charge in [-0.25, -0.2) is 0 Å². The molecule has 0 spiro atoms. The number of hydrogen-bond donors (Lipinski definition) is 0.